The van der Waals surface area contributed by atoms with Gasteiger partial charge in [0.05, 0.1) is 19.4 Å². The summed E-state index contributed by atoms with van der Waals surface area (Å²) in [6.45, 7) is 4.30. The first-order valence-corrected chi connectivity index (χ1v) is 13.6. The molecule has 1 fully saturated rings. The molecule has 1 aliphatic rings. The number of hydrogen-bond acceptors (Lipinski definition) is 7. The van der Waals surface area contributed by atoms with Gasteiger partial charge >= 0.3 is 0 Å². The molecule has 0 spiro atoms. The maximum Gasteiger partial charge on any atom is 0.254 e. The number of carbonyl (C=O) groups excluding carboxylic acids is 2. The van der Waals surface area contributed by atoms with Crippen LogP contribution < -0.4 is 14.8 Å². The van der Waals surface area contributed by atoms with E-state index in [1.807, 2.05) is 37.3 Å². The molecule has 1 saturated heterocycles. The van der Waals surface area contributed by atoms with E-state index < -0.39 is 6.10 Å². The van der Waals surface area contributed by atoms with Gasteiger partial charge in [0.25, 0.3) is 5.91 Å². The lowest BCUT2D eigenvalue weighted by atomic mass is 9.96. The summed E-state index contributed by atoms with van der Waals surface area (Å²) in [6, 6.07) is 20.6. The highest BCUT2D eigenvalue weighted by Crippen LogP contribution is 2.28. The predicted octanol–water partition coefficient (Wildman–Crippen LogP) is 4.14. The third-order valence-corrected chi connectivity index (χ3v) is 7.12. The van der Waals surface area contributed by atoms with Gasteiger partial charge in [-0.3, -0.25) is 9.59 Å². The number of amides is 2. The molecule has 3 aromatic rings. The molecule has 3 aromatic carbocycles. The van der Waals surface area contributed by atoms with Crippen molar-refractivity contribution in [3.8, 4) is 22.6 Å². The number of aryl methyl sites for hydroxylation is 2. The van der Waals surface area contributed by atoms with Crippen LogP contribution in [0.1, 0.15) is 34.3 Å². The van der Waals surface area contributed by atoms with Crippen LogP contribution in [0.5, 0.6) is 11.5 Å². The molecule has 0 aromatic heterocycles. The van der Waals surface area contributed by atoms with Gasteiger partial charge in [0, 0.05) is 31.0 Å². The SMILES string of the molecule is CON=C1C[C@@H](CC(=O)NCC(O)COc2ccc(OC)cc2)N(C(=O)c2ccc(-c3ccccc3C)cc2C)C1. The quantitative estimate of drug-likeness (QED) is 0.342. The molecule has 1 aliphatic heterocycles. The number of rotatable bonds is 11. The van der Waals surface area contributed by atoms with E-state index in [1.54, 1.807) is 36.3 Å². The highest BCUT2D eigenvalue weighted by Gasteiger charge is 2.35. The van der Waals surface area contributed by atoms with Crippen molar-refractivity contribution in [3.05, 3.63) is 83.4 Å². The van der Waals surface area contributed by atoms with Gasteiger partial charge in [-0.15, -0.1) is 0 Å². The largest absolute Gasteiger partial charge is 0.497 e. The van der Waals surface area contributed by atoms with E-state index in [0.29, 0.717) is 29.2 Å². The normalized spacial score (nSPS) is 16.4. The van der Waals surface area contributed by atoms with Crippen LogP contribution in [0, 0.1) is 13.8 Å². The van der Waals surface area contributed by atoms with Crippen LogP contribution in [0.4, 0.5) is 0 Å². The zero-order valence-corrected chi connectivity index (χ0v) is 23.9. The minimum atomic E-state index is -0.901. The van der Waals surface area contributed by atoms with Crippen LogP contribution in [0.25, 0.3) is 11.1 Å². The summed E-state index contributed by atoms with van der Waals surface area (Å²) in [5.74, 6) is 0.855. The number of hydrogen-bond donors (Lipinski definition) is 2. The van der Waals surface area contributed by atoms with Gasteiger partial charge in [-0.2, -0.15) is 0 Å². The molecule has 2 N–H and O–H groups in total. The zero-order valence-electron chi connectivity index (χ0n) is 23.9. The molecule has 0 bridgehead atoms. The molecule has 9 heteroatoms. The van der Waals surface area contributed by atoms with E-state index in [0.717, 1.165) is 22.3 Å². The number of nitrogens with zero attached hydrogens (tertiary/aromatic N) is 2. The van der Waals surface area contributed by atoms with Crippen LogP contribution in [0.2, 0.25) is 0 Å². The molecular weight excluding hydrogens is 522 g/mol. The fourth-order valence-electron chi connectivity index (χ4n) is 4.95. The topological polar surface area (TPSA) is 110 Å². The van der Waals surface area contributed by atoms with E-state index >= 15 is 0 Å². The second-order valence-electron chi connectivity index (χ2n) is 10.1. The molecule has 41 heavy (non-hydrogen) atoms. The van der Waals surface area contributed by atoms with Gasteiger partial charge in [-0.05, 0) is 66.4 Å². The third kappa shape index (κ3) is 7.64. The van der Waals surface area contributed by atoms with Crippen molar-refractivity contribution in [2.75, 3.05) is 33.9 Å². The summed E-state index contributed by atoms with van der Waals surface area (Å²) in [5.41, 5.74) is 5.46. The van der Waals surface area contributed by atoms with E-state index in [9.17, 15) is 14.7 Å². The number of aliphatic hydroxyl groups excluding tert-OH is 1. The van der Waals surface area contributed by atoms with Gasteiger partial charge in [0.1, 0.15) is 31.3 Å². The Kier molecular flexibility index (Phi) is 9.97. The van der Waals surface area contributed by atoms with Crippen LogP contribution >= 0.6 is 0 Å². The number of nitrogens with one attached hydrogen (secondary N) is 1. The Morgan fingerprint density at radius 1 is 1.02 bits per heavy atom. The lowest BCUT2D eigenvalue weighted by molar-refractivity contribution is -0.122. The standard InChI is InChI=1S/C32H37N3O6/c1-21-7-5-6-8-29(21)23-9-14-30(22(2)15-23)32(38)35-19-24(34-40-4)16-25(35)17-31(37)33-18-26(36)20-41-28-12-10-27(39-3)11-13-28/h5-15,25-26,36H,16-20H2,1-4H3,(H,33,37)/t25-,26?/m0/s1. The first kappa shape index (κ1) is 29.6. The predicted molar refractivity (Wildman–Crippen MR) is 157 cm³/mol. The van der Waals surface area contributed by atoms with Crippen molar-refractivity contribution in [2.45, 2.75) is 38.8 Å². The van der Waals surface area contributed by atoms with Crippen LogP contribution in [0.3, 0.4) is 0 Å². The van der Waals surface area contributed by atoms with Crippen LogP contribution in [-0.2, 0) is 9.63 Å². The zero-order chi connectivity index (χ0) is 29.4. The Morgan fingerprint density at radius 3 is 2.44 bits per heavy atom. The number of ether oxygens (including phenoxy) is 2. The van der Waals surface area contributed by atoms with Crippen molar-refractivity contribution in [2.24, 2.45) is 5.16 Å². The van der Waals surface area contributed by atoms with Crippen molar-refractivity contribution in [1.29, 1.82) is 0 Å². The molecule has 0 saturated carbocycles. The van der Waals surface area contributed by atoms with E-state index in [-0.39, 0.29) is 44.0 Å². The smallest absolute Gasteiger partial charge is 0.254 e. The Hall–Kier alpha value is -4.37. The summed E-state index contributed by atoms with van der Waals surface area (Å²) in [6.07, 6.45) is -0.403. The summed E-state index contributed by atoms with van der Waals surface area (Å²) in [5, 5.41) is 17.1. The molecule has 9 nitrogen and oxygen atoms in total. The minimum Gasteiger partial charge on any atom is -0.497 e. The highest BCUT2D eigenvalue weighted by atomic mass is 16.6. The molecule has 1 heterocycles. The second kappa shape index (κ2) is 13.8. The summed E-state index contributed by atoms with van der Waals surface area (Å²) in [4.78, 5) is 33.2. The highest BCUT2D eigenvalue weighted by molar-refractivity contribution is 6.02. The number of likely N-dealkylation sites (tertiary alicyclic amines) is 1. The Labute approximate surface area is 240 Å². The molecular formula is C32H37N3O6. The molecule has 216 valence electrons. The lowest BCUT2D eigenvalue weighted by Gasteiger charge is -2.25. The Morgan fingerprint density at radius 2 is 1.76 bits per heavy atom. The first-order valence-electron chi connectivity index (χ1n) is 13.6. The molecule has 0 radical (unpaired) electrons. The second-order valence-corrected chi connectivity index (χ2v) is 10.1. The molecule has 1 unspecified atom stereocenters. The third-order valence-electron chi connectivity index (χ3n) is 7.12. The average Bonchev–Trinajstić information content (AvgIpc) is 3.37. The average molecular weight is 560 g/mol. The Bertz CT molecular complexity index is 1390. The van der Waals surface area contributed by atoms with Gasteiger partial charge in [-0.1, -0.05) is 41.6 Å². The minimum absolute atomic E-state index is 0.0169. The van der Waals surface area contributed by atoms with Crippen LogP contribution in [-0.4, -0.2) is 73.6 Å². The molecule has 0 aliphatic carbocycles. The van der Waals surface area contributed by atoms with Gasteiger partial charge < -0.3 is 29.6 Å². The van der Waals surface area contributed by atoms with Crippen molar-refractivity contribution < 1.29 is 29.0 Å². The fraction of sp³-hybridized carbons (Fsp3) is 0.344. The maximum atomic E-state index is 13.7. The summed E-state index contributed by atoms with van der Waals surface area (Å²) in [7, 11) is 3.04. The van der Waals surface area contributed by atoms with Gasteiger partial charge in [0.2, 0.25) is 5.91 Å². The van der Waals surface area contributed by atoms with Crippen LogP contribution in [0.15, 0.2) is 71.9 Å². The van der Waals surface area contributed by atoms with Gasteiger partial charge in [-0.25, -0.2) is 0 Å². The van der Waals surface area contributed by atoms with Crippen molar-refractivity contribution in [3.63, 3.8) is 0 Å². The number of oxime groups is 1. The maximum absolute atomic E-state index is 13.7. The van der Waals surface area contributed by atoms with E-state index in [2.05, 4.69) is 29.5 Å². The molecule has 2 atom stereocenters. The fourth-order valence-corrected chi connectivity index (χ4v) is 4.95. The van der Waals surface area contributed by atoms with E-state index in [4.69, 9.17) is 14.3 Å². The Balaban J connectivity index is 1.37. The summed E-state index contributed by atoms with van der Waals surface area (Å²) >= 11 is 0. The monoisotopic (exact) mass is 559 g/mol. The lowest BCUT2D eigenvalue weighted by Crippen LogP contribution is -2.41. The van der Waals surface area contributed by atoms with Gasteiger partial charge in [0.15, 0.2) is 0 Å². The molecule has 2 amide bonds. The molecule has 4 rings (SSSR count). The number of aliphatic hydroxyl groups is 1. The summed E-state index contributed by atoms with van der Waals surface area (Å²) < 4.78 is 10.7. The number of carbonyl (C=O) groups is 2. The van der Waals surface area contributed by atoms with Crippen molar-refractivity contribution >= 4 is 17.5 Å². The number of methoxy groups -OCH3 is 1. The van der Waals surface area contributed by atoms with Crippen molar-refractivity contribution in [1.82, 2.24) is 10.2 Å². The first-order chi connectivity index (χ1) is 19.8. The number of benzene rings is 3. The van der Waals surface area contributed by atoms with E-state index in [1.165, 1.54) is 7.11 Å².